The van der Waals surface area contributed by atoms with Crippen LogP contribution in [0.2, 0.25) is 0 Å². The molecule has 0 aliphatic heterocycles. The Labute approximate surface area is 194 Å². The summed E-state index contributed by atoms with van der Waals surface area (Å²) in [6, 6.07) is 18.0. The fourth-order valence-corrected chi connectivity index (χ4v) is 3.56. The van der Waals surface area contributed by atoms with Gasteiger partial charge in [0.2, 0.25) is 0 Å². The van der Waals surface area contributed by atoms with Crippen LogP contribution in [0.4, 0.5) is 5.69 Å². The molecule has 0 saturated carbocycles. The highest BCUT2D eigenvalue weighted by atomic mass is 127. The summed E-state index contributed by atoms with van der Waals surface area (Å²) < 4.78 is 17.9. The molecule has 3 aromatic carbocycles. The van der Waals surface area contributed by atoms with Crippen molar-refractivity contribution in [3.8, 4) is 17.2 Å². The van der Waals surface area contributed by atoms with E-state index in [2.05, 4.69) is 27.6 Å². The summed E-state index contributed by atoms with van der Waals surface area (Å²) in [4.78, 5) is 15.5. The van der Waals surface area contributed by atoms with Gasteiger partial charge in [-0.2, -0.15) is 0 Å². The van der Waals surface area contributed by atoms with E-state index in [0.29, 0.717) is 24.7 Å². The van der Waals surface area contributed by atoms with Gasteiger partial charge in [0, 0.05) is 6.21 Å². The van der Waals surface area contributed by atoms with Gasteiger partial charge in [-0.3, -0.25) is 4.99 Å². The van der Waals surface area contributed by atoms with E-state index in [1.807, 2.05) is 43.3 Å². The van der Waals surface area contributed by atoms with Crippen molar-refractivity contribution in [2.75, 3.05) is 13.7 Å². The first-order valence-electron chi connectivity index (χ1n) is 9.59. The Morgan fingerprint density at radius 1 is 1.06 bits per heavy atom. The van der Waals surface area contributed by atoms with E-state index in [-0.39, 0.29) is 5.56 Å². The Morgan fingerprint density at radius 2 is 1.77 bits per heavy atom. The minimum Gasteiger partial charge on any atom is -0.497 e. The third kappa shape index (κ3) is 6.21. The minimum absolute atomic E-state index is 0.244. The van der Waals surface area contributed by atoms with Crippen molar-refractivity contribution in [1.29, 1.82) is 0 Å². The van der Waals surface area contributed by atoms with Gasteiger partial charge < -0.3 is 19.3 Å². The number of hydrogen-bond acceptors (Lipinski definition) is 5. The van der Waals surface area contributed by atoms with Crippen LogP contribution in [0, 0.1) is 3.57 Å². The maximum Gasteiger partial charge on any atom is 0.335 e. The summed E-state index contributed by atoms with van der Waals surface area (Å²) in [5.41, 5.74) is 2.82. The number of aromatic carboxylic acids is 1. The number of aliphatic imine (C=N–C) groups is 1. The van der Waals surface area contributed by atoms with Crippen molar-refractivity contribution in [3.05, 3.63) is 80.9 Å². The van der Waals surface area contributed by atoms with Crippen LogP contribution < -0.4 is 14.2 Å². The molecule has 160 valence electrons. The van der Waals surface area contributed by atoms with Crippen molar-refractivity contribution < 1.29 is 24.1 Å². The van der Waals surface area contributed by atoms with E-state index in [9.17, 15) is 4.79 Å². The molecule has 0 saturated heterocycles. The van der Waals surface area contributed by atoms with E-state index in [0.717, 1.165) is 26.1 Å². The molecule has 0 atom stereocenters. The number of benzene rings is 3. The molecule has 1 N–H and O–H groups in total. The molecule has 0 aliphatic rings. The van der Waals surface area contributed by atoms with E-state index in [1.54, 1.807) is 37.6 Å². The molecule has 0 aromatic heterocycles. The monoisotopic (exact) mass is 531 g/mol. The highest BCUT2D eigenvalue weighted by Crippen LogP contribution is 2.34. The van der Waals surface area contributed by atoms with E-state index >= 15 is 0 Å². The Morgan fingerprint density at radius 3 is 2.39 bits per heavy atom. The van der Waals surface area contributed by atoms with Gasteiger partial charge >= 0.3 is 5.97 Å². The number of ether oxygens (including phenoxy) is 3. The zero-order valence-electron chi connectivity index (χ0n) is 17.2. The molecule has 0 aliphatic carbocycles. The molecule has 0 radical (unpaired) electrons. The second kappa shape index (κ2) is 10.8. The third-order valence-corrected chi connectivity index (χ3v) is 5.15. The largest absolute Gasteiger partial charge is 0.497 e. The average molecular weight is 531 g/mol. The van der Waals surface area contributed by atoms with Gasteiger partial charge in [0.25, 0.3) is 0 Å². The normalized spacial score (nSPS) is 10.8. The molecule has 0 heterocycles. The van der Waals surface area contributed by atoms with Crippen LogP contribution in [0.3, 0.4) is 0 Å². The van der Waals surface area contributed by atoms with Crippen LogP contribution in [0.5, 0.6) is 17.2 Å². The number of carbonyl (C=O) groups is 1. The number of methoxy groups -OCH3 is 1. The number of rotatable bonds is 9. The van der Waals surface area contributed by atoms with E-state index < -0.39 is 5.97 Å². The van der Waals surface area contributed by atoms with Crippen LogP contribution in [-0.4, -0.2) is 31.0 Å². The molecule has 0 amide bonds. The molecule has 0 bridgehead atoms. The predicted octanol–water partition coefficient (Wildman–Crippen LogP) is 5.73. The second-order valence-corrected chi connectivity index (χ2v) is 7.67. The minimum atomic E-state index is -0.951. The second-order valence-electron chi connectivity index (χ2n) is 6.51. The van der Waals surface area contributed by atoms with Crippen molar-refractivity contribution in [2.24, 2.45) is 4.99 Å². The summed E-state index contributed by atoms with van der Waals surface area (Å²) in [5.74, 6) is 1.11. The number of halogens is 1. The van der Waals surface area contributed by atoms with Crippen LogP contribution in [-0.2, 0) is 6.61 Å². The lowest BCUT2D eigenvalue weighted by molar-refractivity contribution is 0.0697. The van der Waals surface area contributed by atoms with Gasteiger partial charge in [-0.25, -0.2) is 4.79 Å². The number of hydrogen-bond donors (Lipinski definition) is 1. The zero-order valence-corrected chi connectivity index (χ0v) is 19.3. The molecule has 6 nitrogen and oxygen atoms in total. The summed E-state index contributed by atoms with van der Waals surface area (Å²) >= 11 is 2.21. The van der Waals surface area contributed by atoms with E-state index in [4.69, 9.17) is 19.3 Å². The van der Waals surface area contributed by atoms with Crippen LogP contribution >= 0.6 is 22.6 Å². The third-order valence-electron chi connectivity index (χ3n) is 4.35. The smallest absolute Gasteiger partial charge is 0.335 e. The first-order valence-corrected chi connectivity index (χ1v) is 10.7. The molecule has 3 aromatic rings. The van der Waals surface area contributed by atoms with Gasteiger partial charge in [0.05, 0.1) is 28.5 Å². The van der Waals surface area contributed by atoms with Crippen molar-refractivity contribution in [1.82, 2.24) is 0 Å². The first kappa shape index (κ1) is 22.6. The number of nitrogens with zero attached hydrogens (tertiary/aromatic N) is 1. The quantitative estimate of drug-likeness (QED) is 0.282. The molecular formula is C24H22INO5. The number of carboxylic acids is 1. The van der Waals surface area contributed by atoms with Gasteiger partial charge in [-0.1, -0.05) is 12.1 Å². The van der Waals surface area contributed by atoms with Gasteiger partial charge in [0.1, 0.15) is 12.4 Å². The predicted molar refractivity (Wildman–Crippen MR) is 128 cm³/mol. The first-order chi connectivity index (χ1) is 15.0. The Bertz CT molecular complexity index is 1060. The summed E-state index contributed by atoms with van der Waals surface area (Å²) in [5, 5.41) is 9.02. The highest BCUT2D eigenvalue weighted by Gasteiger charge is 2.12. The molecule has 0 unspecified atom stereocenters. The van der Waals surface area contributed by atoms with Crippen molar-refractivity contribution in [2.45, 2.75) is 13.5 Å². The Hall–Kier alpha value is -3.07. The molecule has 0 spiro atoms. The molecule has 0 fully saturated rings. The van der Waals surface area contributed by atoms with Gasteiger partial charge in [0.15, 0.2) is 11.5 Å². The zero-order chi connectivity index (χ0) is 22.2. The summed E-state index contributed by atoms with van der Waals surface area (Å²) in [6.45, 7) is 2.72. The Balaban J connectivity index is 1.77. The maximum atomic E-state index is 11.0. The summed E-state index contributed by atoms with van der Waals surface area (Å²) in [7, 11) is 1.63. The topological polar surface area (TPSA) is 77.3 Å². The fourth-order valence-electron chi connectivity index (χ4n) is 2.78. The number of carboxylic acid groups (broad SMARTS) is 1. The highest BCUT2D eigenvalue weighted by molar-refractivity contribution is 14.1. The standard InChI is InChI=1S/C24H22INO5/c1-3-30-22-13-17(14-26-19-8-10-20(29-2)11-9-19)12-21(25)23(22)31-15-16-4-6-18(7-5-16)24(27)28/h4-14H,3,15H2,1-2H3,(H,27,28). The lowest BCUT2D eigenvalue weighted by Crippen LogP contribution is -2.03. The van der Waals surface area contributed by atoms with Crippen LogP contribution in [0.25, 0.3) is 0 Å². The van der Waals surface area contributed by atoms with Crippen LogP contribution in [0.1, 0.15) is 28.4 Å². The lowest BCUT2D eigenvalue weighted by Gasteiger charge is -2.15. The molecular weight excluding hydrogens is 509 g/mol. The van der Waals surface area contributed by atoms with Crippen molar-refractivity contribution >= 4 is 40.5 Å². The van der Waals surface area contributed by atoms with E-state index in [1.165, 1.54) is 0 Å². The fraction of sp³-hybridized carbons (Fsp3) is 0.167. The SMILES string of the molecule is CCOc1cc(C=Nc2ccc(OC)cc2)cc(I)c1OCc1ccc(C(=O)O)cc1. The Kier molecular flexibility index (Phi) is 7.88. The molecule has 3 rings (SSSR count). The molecule has 31 heavy (non-hydrogen) atoms. The van der Waals surface area contributed by atoms with Crippen molar-refractivity contribution in [3.63, 3.8) is 0 Å². The van der Waals surface area contributed by atoms with Gasteiger partial charge in [-0.05, 0) is 89.2 Å². The lowest BCUT2D eigenvalue weighted by atomic mass is 10.1. The molecule has 7 heteroatoms. The average Bonchev–Trinajstić information content (AvgIpc) is 2.78. The summed E-state index contributed by atoms with van der Waals surface area (Å²) in [6.07, 6.45) is 1.78. The maximum absolute atomic E-state index is 11.0. The van der Waals surface area contributed by atoms with Crippen LogP contribution in [0.15, 0.2) is 65.7 Å². The van der Waals surface area contributed by atoms with Gasteiger partial charge in [-0.15, -0.1) is 0 Å².